The molecule has 3 aromatic rings. The van der Waals surface area contributed by atoms with Crippen LogP contribution in [-0.4, -0.2) is 23.9 Å². The van der Waals surface area contributed by atoms with Gasteiger partial charge in [0.1, 0.15) is 12.4 Å². The summed E-state index contributed by atoms with van der Waals surface area (Å²) in [6, 6.07) is 19.2. The highest BCUT2D eigenvalue weighted by molar-refractivity contribution is 9.10. The number of ether oxygens (including phenoxy) is 3. The van der Waals surface area contributed by atoms with Crippen LogP contribution < -0.4 is 19.1 Å². The number of carbonyl (C=O) groups is 1. The maximum atomic E-state index is 13.4. The maximum Gasteiger partial charge on any atom is 0.270 e. The summed E-state index contributed by atoms with van der Waals surface area (Å²) in [5, 5.41) is 0. The molecule has 0 radical (unpaired) electrons. The Morgan fingerprint density at radius 2 is 1.84 bits per heavy atom. The summed E-state index contributed by atoms with van der Waals surface area (Å²) in [5.74, 6) is 1.67. The molecule has 0 aromatic heterocycles. The van der Waals surface area contributed by atoms with Gasteiger partial charge in [0.2, 0.25) is 0 Å². The second kappa shape index (κ2) is 12.4. The summed E-state index contributed by atoms with van der Waals surface area (Å²) < 4.78 is 19.1. The molecule has 0 unspecified atom stereocenters. The molecule has 1 amide bonds. The monoisotopic (exact) mass is 595 g/mol. The Morgan fingerprint density at radius 1 is 1.08 bits per heavy atom. The van der Waals surface area contributed by atoms with E-state index in [4.69, 9.17) is 26.4 Å². The average molecular weight is 597 g/mol. The lowest BCUT2D eigenvalue weighted by Crippen LogP contribution is -2.27. The summed E-state index contributed by atoms with van der Waals surface area (Å²) in [6.07, 6.45) is 4.24. The van der Waals surface area contributed by atoms with E-state index in [1.165, 1.54) is 16.7 Å². The Balaban J connectivity index is 1.67. The lowest BCUT2D eigenvalue weighted by atomic mass is 10.0. The summed E-state index contributed by atoms with van der Waals surface area (Å²) in [7, 11) is 1.57. The van der Waals surface area contributed by atoms with E-state index >= 15 is 0 Å². The SMILES string of the molecule is C=CCc1cc(/C=C2\SC(=S)N(c3ccccc3OC)C2=O)cc(OCC)c1OCc1ccc(Br)cc1. The van der Waals surface area contributed by atoms with Crippen LogP contribution in [0.15, 0.2) is 82.7 Å². The highest BCUT2D eigenvalue weighted by Crippen LogP contribution is 2.41. The van der Waals surface area contributed by atoms with Gasteiger partial charge in [0.25, 0.3) is 5.91 Å². The Hall–Kier alpha value is -3.07. The van der Waals surface area contributed by atoms with Crippen molar-refractivity contribution in [1.82, 2.24) is 0 Å². The zero-order chi connectivity index (χ0) is 26.4. The number of carbonyl (C=O) groups excluding carboxylic acids is 1. The highest BCUT2D eigenvalue weighted by Gasteiger charge is 2.35. The number of allylic oxidation sites excluding steroid dienone is 1. The van der Waals surface area contributed by atoms with Crippen LogP contribution in [0.25, 0.3) is 6.08 Å². The van der Waals surface area contributed by atoms with Crippen molar-refractivity contribution < 1.29 is 19.0 Å². The lowest BCUT2D eigenvalue weighted by molar-refractivity contribution is -0.113. The fraction of sp³-hybridized carbons (Fsp3) is 0.172. The summed E-state index contributed by atoms with van der Waals surface area (Å²) >= 11 is 10.3. The first-order chi connectivity index (χ1) is 17.9. The van der Waals surface area contributed by atoms with Gasteiger partial charge in [0.15, 0.2) is 15.8 Å². The molecule has 1 aliphatic heterocycles. The lowest BCUT2D eigenvalue weighted by Gasteiger charge is -2.18. The van der Waals surface area contributed by atoms with Gasteiger partial charge < -0.3 is 14.2 Å². The molecule has 3 aromatic carbocycles. The molecule has 0 bridgehead atoms. The smallest absolute Gasteiger partial charge is 0.270 e. The largest absolute Gasteiger partial charge is 0.495 e. The van der Waals surface area contributed by atoms with Crippen molar-refractivity contribution in [1.29, 1.82) is 0 Å². The number of thioether (sulfide) groups is 1. The molecule has 0 saturated carbocycles. The number of methoxy groups -OCH3 is 1. The quantitative estimate of drug-likeness (QED) is 0.137. The molecule has 0 N–H and O–H groups in total. The zero-order valence-electron chi connectivity index (χ0n) is 20.5. The fourth-order valence-corrected chi connectivity index (χ4v) is 5.43. The van der Waals surface area contributed by atoms with Crippen LogP contribution in [0.5, 0.6) is 17.2 Å². The van der Waals surface area contributed by atoms with Crippen molar-refractivity contribution in [3.8, 4) is 17.2 Å². The van der Waals surface area contributed by atoms with Crippen LogP contribution in [0.1, 0.15) is 23.6 Å². The number of hydrogen-bond donors (Lipinski definition) is 0. The molecule has 1 aliphatic rings. The standard InChI is InChI=1S/C29H26BrNO4S2/c1-4-8-21-15-20(16-25(34-5-2)27(21)35-18-19-11-13-22(30)14-12-19)17-26-28(32)31(29(36)37-26)23-9-6-7-10-24(23)33-3/h4,6-7,9-17H,1,5,8,18H2,2-3H3/b26-17-. The summed E-state index contributed by atoms with van der Waals surface area (Å²) in [5.41, 5.74) is 3.40. The molecule has 1 fully saturated rings. The van der Waals surface area contributed by atoms with E-state index in [0.717, 1.165) is 21.2 Å². The summed E-state index contributed by atoms with van der Waals surface area (Å²) in [4.78, 5) is 15.4. The molecule has 4 rings (SSSR count). The second-order valence-corrected chi connectivity index (χ2v) is 10.6. The predicted molar refractivity (Wildman–Crippen MR) is 159 cm³/mol. The van der Waals surface area contributed by atoms with E-state index in [1.54, 1.807) is 13.2 Å². The van der Waals surface area contributed by atoms with Gasteiger partial charge in [-0.15, -0.1) is 6.58 Å². The molecular weight excluding hydrogens is 570 g/mol. The fourth-order valence-electron chi connectivity index (χ4n) is 3.88. The van der Waals surface area contributed by atoms with Gasteiger partial charge in [0, 0.05) is 10.0 Å². The Kier molecular flexibility index (Phi) is 9.08. The Labute approximate surface area is 235 Å². The summed E-state index contributed by atoms with van der Waals surface area (Å²) in [6.45, 7) is 6.70. The third kappa shape index (κ3) is 6.26. The first-order valence-electron chi connectivity index (χ1n) is 11.6. The zero-order valence-corrected chi connectivity index (χ0v) is 23.8. The van der Waals surface area contributed by atoms with Crippen LogP contribution in [0.4, 0.5) is 5.69 Å². The Bertz CT molecular complexity index is 1350. The number of hydrogen-bond acceptors (Lipinski definition) is 6. The van der Waals surface area contributed by atoms with E-state index in [2.05, 4.69) is 22.5 Å². The third-order valence-corrected chi connectivity index (χ3v) is 7.36. The number of nitrogens with zero attached hydrogens (tertiary/aromatic N) is 1. The second-order valence-electron chi connectivity index (χ2n) is 8.04. The van der Waals surface area contributed by atoms with E-state index in [1.807, 2.05) is 73.7 Å². The minimum atomic E-state index is -0.196. The first kappa shape index (κ1) is 27.0. The molecule has 190 valence electrons. The molecule has 0 atom stereocenters. The molecule has 37 heavy (non-hydrogen) atoms. The van der Waals surface area contributed by atoms with E-state index in [0.29, 0.717) is 51.8 Å². The maximum absolute atomic E-state index is 13.4. The minimum Gasteiger partial charge on any atom is -0.495 e. The Morgan fingerprint density at radius 3 is 2.54 bits per heavy atom. The van der Waals surface area contributed by atoms with Crippen molar-refractivity contribution >= 4 is 61.9 Å². The number of rotatable bonds is 10. The average Bonchev–Trinajstić information content (AvgIpc) is 3.17. The molecule has 1 heterocycles. The van der Waals surface area contributed by atoms with Crippen LogP contribution in [0.3, 0.4) is 0 Å². The van der Waals surface area contributed by atoms with Crippen molar-refractivity contribution in [3.63, 3.8) is 0 Å². The van der Waals surface area contributed by atoms with Crippen molar-refractivity contribution in [2.75, 3.05) is 18.6 Å². The van der Waals surface area contributed by atoms with Gasteiger partial charge in [-0.3, -0.25) is 9.69 Å². The van der Waals surface area contributed by atoms with Crippen molar-refractivity contribution in [3.05, 3.63) is 99.4 Å². The number of anilines is 1. The van der Waals surface area contributed by atoms with Gasteiger partial charge in [-0.1, -0.05) is 70.3 Å². The minimum absolute atomic E-state index is 0.196. The molecule has 0 spiro atoms. The third-order valence-electron chi connectivity index (χ3n) is 5.53. The van der Waals surface area contributed by atoms with Gasteiger partial charge >= 0.3 is 0 Å². The van der Waals surface area contributed by atoms with Gasteiger partial charge in [-0.2, -0.15) is 0 Å². The van der Waals surface area contributed by atoms with E-state index in [-0.39, 0.29) is 5.91 Å². The van der Waals surface area contributed by atoms with Gasteiger partial charge in [-0.25, -0.2) is 0 Å². The molecule has 8 heteroatoms. The molecule has 5 nitrogen and oxygen atoms in total. The number of halogens is 1. The van der Waals surface area contributed by atoms with Crippen LogP contribution >= 0.6 is 39.9 Å². The molecule has 1 saturated heterocycles. The van der Waals surface area contributed by atoms with Crippen LogP contribution in [-0.2, 0) is 17.8 Å². The van der Waals surface area contributed by atoms with Gasteiger partial charge in [0.05, 0.1) is 24.3 Å². The number of benzene rings is 3. The number of thiocarbonyl (C=S) groups is 1. The molecule has 0 aliphatic carbocycles. The van der Waals surface area contributed by atoms with Crippen LogP contribution in [0.2, 0.25) is 0 Å². The van der Waals surface area contributed by atoms with Crippen LogP contribution in [0, 0.1) is 0 Å². The van der Waals surface area contributed by atoms with Gasteiger partial charge in [-0.05, 0) is 66.9 Å². The highest BCUT2D eigenvalue weighted by atomic mass is 79.9. The van der Waals surface area contributed by atoms with E-state index < -0.39 is 0 Å². The van der Waals surface area contributed by atoms with Crippen molar-refractivity contribution in [2.24, 2.45) is 0 Å². The number of amides is 1. The van der Waals surface area contributed by atoms with E-state index in [9.17, 15) is 4.79 Å². The number of para-hydroxylation sites is 2. The normalized spacial score (nSPS) is 14.2. The predicted octanol–water partition coefficient (Wildman–Crippen LogP) is 7.57. The first-order valence-corrected chi connectivity index (χ1v) is 13.7. The molecular formula is C29H26BrNO4S2. The van der Waals surface area contributed by atoms with Crippen molar-refractivity contribution in [2.45, 2.75) is 20.0 Å². The topological polar surface area (TPSA) is 48.0 Å².